The van der Waals surface area contributed by atoms with Gasteiger partial charge in [-0.1, -0.05) is 6.07 Å². The largest absolute Gasteiger partial charge is 0.358 e. The molecule has 31 heavy (non-hydrogen) atoms. The zero-order valence-corrected chi connectivity index (χ0v) is 20.7. The summed E-state index contributed by atoms with van der Waals surface area (Å²) in [7, 11) is 2.24. The topological polar surface area (TPSA) is 51.4 Å². The van der Waals surface area contributed by atoms with Crippen molar-refractivity contribution in [2.45, 2.75) is 56.2 Å². The number of hydrogen-bond acceptors (Lipinski definition) is 4. The number of amides is 2. The molecule has 0 unspecified atom stereocenters. The summed E-state index contributed by atoms with van der Waals surface area (Å²) in [5, 5.41) is 4.80. The van der Waals surface area contributed by atoms with Crippen LogP contribution in [0.5, 0.6) is 0 Å². The third-order valence-electron chi connectivity index (χ3n) is 7.43. The molecule has 168 valence electrons. The Balaban J connectivity index is 1.50. The van der Waals surface area contributed by atoms with E-state index in [1.807, 2.05) is 18.7 Å². The maximum absolute atomic E-state index is 12.7. The number of piperidine rings is 1. The lowest BCUT2D eigenvalue weighted by Crippen LogP contribution is -2.56. The highest BCUT2D eigenvalue weighted by molar-refractivity contribution is 8.19. The number of aryl methyl sites for hydroxylation is 1. The lowest BCUT2D eigenvalue weighted by molar-refractivity contribution is 0.124. The number of likely N-dealkylation sites (N-methyl/N-ethyl adjacent to an activating group) is 1. The number of rotatable bonds is 4. The summed E-state index contributed by atoms with van der Waals surface area (Å²) in [6.45, 7) is 8.75. The number of nitrogens with zero attached hydrogens (tertiary/aromatic N) is 2. The fourth-order valence-corrected chi connectivity index (χ4v) is 8.69. The highest BCUT2D eigenvalue weighted by Crippen LogP contribution is 2.50. The number of benzene rings is 1. The summed E-state index contributed by atoms with van der Waals surface area (Å²) in [5.41, 5.74) is 7.10. The first kappa shape index (κ1) is 21.5. The molecule has 2 aromatic rings. The maximum Gasteiger partial charge on any atom is 0.317 e. The molecule has 3 atom stereocenters. The minimum absolute atomic E-state index is 0.0773. The van der Waals surface area contributed by atoms with Crippen molar-refractivity contribution in [2.75, 3.05) is 38.2 Å². The smallest absolute Gasteiger partial charge is 0.317 e. The van der Waals surface area contributed by atoms with E-state index in [2.05, 4.69) is 64.8 Å². The predicted octanol–water partition coefficient (Wildman–Crippen LogP) is 4.72. The molecule has 0 bridgehead atoms. The first-order chi connectivity index (χ1) is 15.0. The molecule has 1 aliphatic carbocycles. The van der Waals surface area contributed by atoms with Crippen LogP contribution in [-0.2, 0) is 6.42 Å². The van der Waals surface area contributed by atoms with Gasteiger partial charge in [0.15, 0.2) is 0 Å². The molecule has 0 radical (unpaired) electrons. The zero-order valence-electron chi connectivity index (χ0n) is 19.0. The zero-order chi connectivity index (χ0) is 21.7. The van der Waals surface area contributed by atoms with E-state index in [0.717, 1.165) is 32.5 Å². The van der Waals surface area contributed by atoms with E-state index in [1.165, 1.54) is 44.8 Å². The van der Waals surface area contributed by atoms with E-state index < -0.39 is 0 Å². The lowest BCUT2D eigenvalue weighted by atomic mass is 9.73. The van der Waals surface area contributed by atoms with Crippen LogP contribution in [-0.4, -0.2) is 71.1 Å². The van der Waals surface area contributed by atoms with E-state index in [1.54, 1.807) is 0 Å². The predicted molar refractivity (Wildman–Crippen MR) is 133 cm³/mol. The highest BCUT2D eigenvalue weighted by Gasteiger charge is 2.41. The summed E-state index contributed by atoms with van der Waals surface area (Å²) < 4.78 is 0.549. The first-order valence-electron chi connectivity index (χ1n) is 11.6. The average molecular weight is 459 g/mol. The van der Waals surface area contributed by atoms with Gasteiger partial charge in [-0.05, 0) is 63.4 Å². The van der Waals surface area contributed by atoms with Gasteiger partial charge < -0.3 is 20.1 Å². The van der Waals surface area contributed by atoms with Gasteiger partial charge in [0.2, 0.25) is 0 Å². The molecule has 1 aromatic carbocycles. The molecule has 5 rings (SSSR count). The van der Waals surface area contributed by atoms with Crippen molar-refractivity contribution in [1.29, 1.82) is 0 Å². The van der Waals surface area contributed by atoms with Gasteiger partial charge in [0, 0.05) is 65.7 Å². The Morgan fingerprint density at radius 3 is 2.71 bits per heavy atom. The van der Waals surface area contributed by atoms with Gasteiger partial charge in [0.1, 0.15) is 0 Å². The van der Waals surface area contributed by atoms with E-state index in [9.17, 15) is 4.79 Å². The van der Waals surface area contributed by atoms with Crippen LogP contribution in [0.4, 0.5) is 4.79 Å². The van der Waals surface area contributed by atoms with Crippen molar-refractivity contribution < 1.29 is 4.79 Å². The molecule has 5 nitrogen and oxygen atoms in total. The van der Waals surface area contributed by atoms with Crippen LogP contribution in [0.3, 0.4) is 0 Å². The molecule has 2 amide bonds. The third kappa shape index (κ3) is 3.76. The molecule has 2 fully saturated rings. The average Bonchev–Trinajstić information content (AvgIpc) is 3.39. The van der Waals surface area contributed by atoms with Gasteiger partial charge in [-0.25, -0.2) is 4.79 Å². The molecule has 2 aliphatic heterocycles. The van der Waals surface area contributed by atoms with Crippen molar-refractivity contribution >= 4 is 40.5 Å². The fourth-order valence-electron chi connectivity index (χ4n) is 5.87. The Bertz CT molecular complexity index is 980. The monoisotopic (exact) mass is 458 g/mol. The van der Waals surface area contributed by atoms with Gasteiger partial charge in [0.25, 0.3) is 0 Å². The molecule has 2 N–H and O–H groups in total. The quantitative estimate of drug-likeness (QED) is 0.696. The maximum atomic E-state index is 12.7. The van der Waals surface area contributed by atoms with E-state index >= 15 is 0 Å². The van der Waals surface area contributed by atoms with Crippen LogP contribution in [0, 0.1) is 6.92 Å². The Morgan fingerprint density at radius 1 is 1.26 bits per heavy atom. The summed E-state index contributed by atoms with van der Waals surface area (Å²) in [4.78, 5) is 20.8. The highest BCUT2D eigenvalue weighted by atomic mass is 32.2. The van der Waals surface area contributed by atoms with E-state index in [4.69, 9.17) is 0 Å². The van der Waals surface area contributed by atoms with Crippen molar-refractivity contribution in [3.05, 3.63) is 34.5 Å². The SMILES string of the molecule is CCN(CC)C(=O)N[C@H]1C[C@@H]2c3cc(C4SCCS4)cc4[nH]c(C)c(c34)C[C@H]2N(C)C1. The number of nitrogens with one attached hydrogen (secondary N) is 2. The second-order valence-corrected chi connectivity index (χ2v) is 11.9. The van der Waals surface area contributed by atoms with E-state index in [0.29, 0.717) is 16.5 Å². The second-order valence-electron chi connectivity index (χ2n) is 9.21. The fraction of sp³-hybridized carbons (Fsp3) is 0.625. The number of thioether (sulfide) groups is 2. The van der Waals surface area contributed by atoms with Crippen LogP contribution >= 0.6 is 23.5 Å². The number of H-pyrrole nitrogens is 1. The minimum atomic E-state index is 0.0773. The van der Waals surface area contributed by atoms with Crippen LogP contribution in [0.1, 0.15) is 53.2 Å². The summed E-state index contributed by atoms with van der Waals surface area (Å²) in [6, 6.07) is 5.68. The Hall–Kier alpha value is -1.31. The number of urea groups is 1. The third-order valence-corrected chi connectivity index (χ3v) is 10.5. The first-order valence-corrected chi connectivity index (χ1v) is 13.7. The van der Waals surface area contributed by atoms with E-state index in [-0.39, 0.29) is 12.1 Å². The van der Waals surface area contributed by atoms with Gasteiger partial charge in [-0.15, -0.1) is 23.5 Å². The Kier molecular flexibility index (Phi) is 5.95. The number of carbonyl (C=O) groups excluding carboxylic acids is 1. The Morgan fingerprint density at radius 2 is 2.00 bits per heavy atom. The lowest BCUT2D eigenvalue weighted by Gasteiger charge is -2.46. The second kappa shape index (κ2) is 8.56. The van der Waals surface area contributed by atoms with Crippen LogP contribution in [0.2, 0.25) is 0 Å². The molecule has 3 aliphatic rings. The van der Waals surface area contributed by atoms with Crippen LogP contribution in [0.25, 0.3) is 10.9 Å². The molecule has 1 aromatic heterocycles. The molecular formula is C24H34N4OS2. The minimum Gasteiger partial charge on any atom is -0.358 e. The molecule has 7 heteroatoms. The van der Waals surface area contributed by atoms with Gasteiger partial charge >= 0.3 is 6.03 Å². The Labute approximate surface area is 194 Å². The standard InChI is InChI=1S/C24H34N4OS2/c1-5-28(6-2)24(29)26-16-11-18-19-9-15(23-30-7-8-31-23)10-20-22(19)17(14(3)25-20)12-21(18)27(4)13-16/h9-10,16,18,21,23,25H,5-8,11-13H2,1-4H3,(H,26,29)/t16-,18+,21+/m0/s1. The number of fused-ring (bicyclic) bond motifs is 2. The number of carbonyl (C=O) groups is 1. The molecule has 0 spiro atoms. The number of likely N-dealkylation sites (tertiary alicyclic amines) is 1. The summed E-state index contributed by atoms with van der Waals surface area (Å²) >= 11 is 4.15. The van der Waals surface area contributed by atoms with Crippen LogP contribution in [0.15, 0.2) is 12.1 Å². The van der Waals surface area contributed by atoms with Gasteiger partial charge in [0.05, 0.1) is 4.58 Å². The van der Waals surface area contributed by atoms with Crippen molar-refractivity contribution in [3.63, 3.8) is 0 Å². The van der Waals surface area contributed by atoms with Gasteiger partial charge in [-0.2, -0.15) is 0 Å². The van der Waals surface area contributed by atoms with Crippen molar-refractivity contribution in [1.82, 2.24) is 20.1 Å². The molecule has 3 heterocycles. The number of hydrogen-bond donors (Lipinski definition) is 2. The molecule has 2 saturated heterocycles. The number of aromatic amines is 1. The number of aromatic nitrogens is 1. The summed E-state index contributed by atoms with van der Waals surface area (Å²) in [6.07, 6.45) is 2.12. The molecular weight excluding hydrogens is 424 g/mol. The summed E-state index contributed by atoms with van der Waals surface area (Å²) in [5.74, 6) is 2.94. The van der Waals surface area contributed by atoms with Crippen molar-refractivity contribution in [2.24, 2.45) is 0 Å². The van der Waals surface area contributed by atoms with Gasteiger partial charge in [-0.3, -0.25) is 0 Å². The van der Waals surface area contributed by atoms with Crippen LogP contribution < -0.4 is 5.32 Å². The molecule has 0 saturated carbocycles. The van der Waals surface area contributed by atoms with Crippen molar-refractivity contribution in [3.8, 4) is 0 Å². The normalized spacial score (nSPS) is 26.3.